The lowest BCUT2D eigenvalue weighted by atomic mass is 10.1. The summed E-state index contributed by atoms with van der Waals surface area (Å²) in [5.74, 6) is 0. The van der Waals surface area contributed by atoms with Gasteiger partial charge >= 0.3 is 0 Å². The molecule has 0 saturated heterocycles. The molecule has 0 aromatic heterocycles. The molecule has 0 atom stereocenters. The van der Waals surface area contributed by atoms with Gasteiger partial charge in [0, 0.05) is 5.56 Å². The van der Waals surface area contributed by atoms with E-state index in [1.54, 1.807) is 6.07 Å². The summed E-state index contributed by atoms with van der Waals surface area (Å²) in [6.07, 6.45) is 0. The van der Waals surface area contributed by atoms with E-state index in [0.717, 1.165) is 5.56 Å². The van der Waals surface area contributed by atoms with Gasteiger partial charge in [0.15, 0.2) is 2.14 Å². The lowest BCUT2D eigenvalue weighted by molar-refractivity contribution is 1.32. The Labute approximate surface area is 96.2 Å². The quantitative estimate of drug-likeness (QED) is 0.650. The second-order valence-electron chi connectivity index (χ2n) is 2.16. The van der Waals surface area contributed by atoms with Crippen LogP contribution < -0.4 is 0 Å². The van der Waals surface area contributed by atoms with Gasteiger partial charge in [-0.15, -0.1) is 0 Å². The Hall–Kier alpha value is 0.150. The third kappa shape index (κ3) is 2.32. The van der Waals surface area contributed by atoms with Gasteiger partial charge in [0.1, 0.15) is 0 Å². The van der Waals surface area contributed by atoms with Crippen molar-refractivity contribution in [2.45, 2.75) is 2.14 Å². The van der Waals surface area contributed by atoms with Gasteiger partial charge in [-0.3, -0.25) is 0 Å². The number of nitriles is 1. The summed E-state index contributed by atoms with van der Waals surface area (Å²) < 4.78 is -0.501. The highest BCUT2D eigenvalue weighted by Gasteiger charge is 2.23. The molecule has 12 heavy (non-hydrogen) atoms. The van der Waals surface area contributed by atoms with Gasteiger partial charge in [0.25, 0.3) is 0 Å². The molecule has 0 saturated carbocycles. The summed E-state index contributed by atoms with van der Waals surface area (Å²) in [4.78, 5) is 0. The average Bonchev–Trinajstić information content (AvgIpc) is 2.03. The third-order valence-corrected chi connectivity index (χ3v) is 2.63. The number of alkyl halides is 3. The molecule has 1 nitrogen and oxygen atoms in total. The van der Waals surface area contributed by atoms with Gasteiger partial charge in [-0.25, -0.2) is 0 Å². The van der Waals surface area contributed by atoms with Crippen molar-refractivity contribution in [3.63, 3.8) is 0 Å². The summed E-state index contributed by atoms with van der Waals surface area (Å²) in [6.45, 7) is 0. The Bertz CT molecular complexity index is 322. The largest absolute Gasteiger partial charge is 0.192 e. The van der Waals surface area contributed by atoms with Crippen LogP contribution in [0.4, 0.5) is 0 Å². The normalized spacial score (nSPS) is 10.8. The van der Waals surface area contributed by atoms with Crippen molar-refractivity contribution in [3.05, 3.63) is 35.4 Å². The molecule has 4 heteroatoms. The smallest absolute Gasteiger partial charge is 0.161 e. The molecular weight excluding hydrogens is 350 g/mol. The zero-order valence-corrected chi connectivity index (χ0v) is 10.6. The first kappa shape index (κ1) is 10.2. The molecule has 0 unspecified atom stereocenters. The van der Waals surface area contributed by atoms with E-state index in [0.29, 0.717) is 5.56 Å². The molecule has 0 radical (unpaired) electrons. The number of halogens is 3. The molecule has 0 heterocycles. The summed E-state index contributed by atoms with van der Waals surface area (Å²) >= 11 is 10.1. The summed E-state index contributed by atoms with van der Waals surface area (Å²) in [5.41, 5.74) is 1.51. The first-order valence-electron chi connectivity index (χ1n) is 3.12. The lowest BCUT2D eigenvalue weighted by Gasteiger charge is -2.13. The van der Waals surface area contributed by atoms with Crippen LogP contribution in [0.3, 0.4) is 0 Å². The number of nitrogens with zero attached hydrogens (tertiary/aromatic N) is 1. The van der Waals surface area contributed by atoms with E-state index in [1.807, 2.05) is 18.2 Å². The van der Waals surface area contributed by atoms with Gasteiger partial charge in [-0.2, -0.15) is 5.26 Å². The first-order chi connectivity index (χ1) is 5.55. The van der Waals surface area contributed by atoms with E-state index in [4.69, 9.17) is 5.26 Å². The monoisotopic (exact) mass is 351 g/mol. The fourth-order valence-electron chi connectivity index (χ4n) is 0.828. The number of benzene rings is 1. The van der Waals surface area contributed by atoms with Crippen LogP contribution in [0.1, 0.15) is 11.1 Å². The van der Waals surface area contributed by atoms with Crippen molar-refractivity contribution in [2.75, 3.05) is 0 Å². The molecule has 0 fully saturated rings. The van der Waals surface area contributed by atoms with E-state index in [2.05, 4.69) is 53.9 Å². The molecule has 0 bridgehead atoms. The Morgan fingerprint density at radius 1 is 1.17 bits per heavy atom. The zero-order chi connectivity index (χ0) is 9.19. The highest BCUT2D eigenvalue weighted by atomic mass is 80.0. The second kappa shape index (κ2) is 3.91. The van der Waals surface area contributed by atoms with Gasteiger partial charge in [0.2, 0.25) is 0 Å². The SMILES string of the molecule is N#Cc1ccccc1C(Br)(Br)Br. The minimum atomic E-state index is -0.501. The number of hydrogen-bond donors (Lipinski definition) is 0. The lowest BCUT2D eigenvalue weighted by Crippen LogP contribution is -2.00. The van der Waals surface area contributed by atoms with E-state index in [1.165, 1.54) is 0 Å². The Balaban J connectivity index is 3.26. The van der Waals surface area contributed by atoms with Gasteiger partial charge in [0.05, 0.1) is 11.6 Å². The van der Waals surface area contributed by atoms with Crippen LogP contribution in [0.5, 0.6) is 0 Å². The van der Waals surface area contributed by atoms with Crippen molar-refractivity contribution >= 4 is 47.8 Å². The molecule has 0 aliphatic heterocycles. The predicted octanol–water partition coefficient (Wildman–Crippen LogP) is 3.85. The molecule has 0 aliphatic carbocycles. The Morgan fingerprint density at radius 2 is 1.75 bits per heavy atom. The third-order valence-electron chi connectivity index (χ3n) is 1.35. The average molecular weight is 354 g/mol. The van der Waals surface area contributed by atoms with Crippen LogP contribution >= 0.6 is 47.8 Å². The van der Waals surface area contributed by atoms with Crippen LogP contribution in [0.15, 0.2) is 24.3 Å². The van der Waals surface area contributed by atoms with E-state index in [9.17, 15) is 0 Å². The molecule has 62 valence electrons. The van der Waals surface area contributed by atoms with Crippen LogP contribution in [-0.4, -0.2) is 0 Å². The van der Waals surface area contributed by atoms with Crippen LogP contribution in [-0.2, 0) is 2.14 Å². The highest BCUT2D eigenvalue weighted by Crippen LogP contribution is 2.45. The van der Waals surface area contributed by atoms with E-state index < -0.39 is 2.14 Å². The standard InChI is InChI=1S/C8H4Br3N/c9-8(10,11)7-4-2-1-3-6(7)5-12/h1-4H. The fourth-order valence-corrected chi connectivity index (χ4v) is 1.87. The molecule has 0 spiro atoms. The summed E-state index contributed by atoms with van der Waals surface area (Å²) in [6, 6.07) is 9.47. The maximum atomic E-state index is 8.77. The highest BCUT2D eigenvalue weighted by molar-refractivity contribution is 9.38. The maximum Gasteiger partial charge on any atom is 0.161 e. The Kier molecular flexibility index (Phi) is 3.33. The number of hydrogen-bond acceptors (Lipinski definition) is 1. The predicted molar refractivity (Wildman–Crippen MR) is 59.6 cm³/mol. The summed E-state index contributed by atoms with van der Waals surface area (Å²) in [7, 11) is 0. The van der Waals surface area contributed by atoms with Gasteiger partial charge < -0.3 is 0 Å². The second-order valence-corrected chi connectivity index (χ2v) is 8.92. The molecular formula is C8H4Br3N. The first-order valence-corrected chi connectivity index (χ1v) is 5.50. The van der Waals surface area contributed by atoms with E-state index >= 15 is 0 Å². The maximum absolute atomic E-state index is 8.77. The van der Waals surface area contributed by atoms with Gasteiger partial charge in [-0.05, 0) is 6.07 Å². The molecule has 1 aromatic rings. The minimum absolute atomic E-state index is 0.501. The summed E-state index contributed by atoms with van der Waals surface area (Å²) in [5, 5.41) is 8.77. The minimum Gasteiger partial charge on any atom is -0.192 e. The number of rotatable bonds is 0. The van der Waals surface area contributed by atoms with Crippen LogP contribution in [0.25, 0.3) is 0 Å². The molecule has 0 aliphatic rings. The van der Waals surface area contributed by atoms with Crippen molar-refractivity contribution in [1.29, 1.82) is 5.26 Å². The van der Waals surface area contributed by atoms with Crippen molar-refractivity contribution in [2.24, 2.45) is 0 Å². The van der Waals surface area contributed by atoms with Gasteiger partial charge in [-0.1, -0.05) is 66.0 Å². The Morgan fingerprint density at radius 3 is 2.17 bits per heavy atom. The molecule has 0 N–H and O–H groups in total. The zero-order valence-electron chi connectivity index (χ0n) is 5.89. The topological polar surface area (TPSA) is 23.8 Å². The van der Waals surface area contributed by atoms with Crippen molar-refractivity contribution in [3.8, 4) is 6.07 Å². The molecule has 1 aromatic carbocycles. The molecule has 1 rings (SSSR count). The van der Waals surface area contributed by atoms with E-state index in [-0.39, 0.29) is 0 Å². The van der Waals surface area contributed by atoms with Crippen molar-refractivity contribution < 1.29 is 0 Å². The van der Waals surface area contributed by atoms with Crippen LogP contribution in [0, 0.1) is 11.3 Å². The van der Waals surface area contributed by atoms with Crippen LogP contribution in [0.2, 0.25) is 0 Å². The molecule has 0 amide bonds. The fraction of sp³-hybridized carbons (Fsp3) is 0.125. The van der Waals surface area contributed by atoms with Crippen molar-refractivity contribution in [1.82, 2.24) is 0 Å².